The maximum Gasteiger partial charge on any atom is 0.161 e. The van der Waals surface area contributed by atoms with Gasteiger partial charge in [0.25, 0.3) is 0 Å². The van der Waals surface area contributed by atoms with E-state index < -0.39 is 17.5 Å². The summed E-state index contributed by atoms with van der Waals surface area (Å²) >= 11 is 11.8. The summed E-state index contributed by atoms with van der Waals surface area (Å²) in [6, 6.07) is 6.03. The van der Waals surface area contributed by atoms with Gasteiger partial charge in [-0.2, -0.15) is 0 Å². The van der Waals surface area contributed by atoms with E-state index >= 15 is 0 Å². The van der Waals surface area contributed by atoms with Gasteiger partial charge >= 0.3 is 0 Å². The van der Waals surface area contributed by atoms with Crippen molar-refractivity contribution in [2.75, 3.05) is 5.32 Å². The number of hydrogen-bond donors (Lipinski definition) is 1. The van der Waals surface area contributed by atoms with Crippen LogP contribution in [0.3, 0.4) is 0 Å². The molecule has 0 fully saturated rings. The predicted octanol–water partition coefficient (Wildman–Crippen LogP) is 5.97. The van der Waals surface area contributed by atoms with Crippen molar-refractivity contribution in [2.24, 2.45) is 0 Å². The third-order valence-electron chi connectivity index (χ3n) is 3.09. The molecule has 0 saturated carbocycles. The highest BCUT2D eigenvalue weighted by molar-refractivity contribution is 6.42. The molecule has 6 heteroatoms. The second kappa shape index (κ2) is 6.58. The summed E-state index contributed by atoms with van der Waals surface area (Å²) in [5.74, 6) is -3.18. The summed E-state index contributed by atoms with van der Waals surface area (Å²) in [4.78, 5) is 0. The van der Waals surface area contributed by atoms with Gasteiger partial charge in [-0.3, -0.25) is 0 Å². The number of rotatable bonds is 4. The van der Waals surface area contributed by atoms with Crippen LogP contribution >= 0.6 is 23.2 Å². The lowest BCUT2D eigenvalue weighted by molar-refractivity contribution is 0.495. The molecule has 1 nitrogen and oxygen atoms in total. The molecule has 0 aliphatic carbocycles. The molecule has 2 aromatic rings. The molecule has 0 radical (unpaired) electrons. The summed E-state index contributed by atoms with van der Waals surface area (Å²) in [6.45, 7) is 1.87. The van der Waals surface area contributed by atoms with E-state index in [1.807, 2.05) is 6.92 Å². The fourth-order valence-electron chi connectivity index (χ4n) is 1.97. The zero-order chi connectivity index (χ0) is 15.6. The van der Waals surface area contributed by atoms with E-state index in [1.54, 1.807) is 18.2 Å². The van der Waals surface area contributed by atoms with Crippen molar-refractivity contribution in [3.63, 3.8) is 0 Å². The molecule has 2 aromatic carbocycles. The van der Waals surface area contributed by atoms with E-state index in [2.05, 4.69) is 5.32 Å². The van der Waals surface area contributed by atoms with Gasteiger partial charge in [0.2, 0.25) is 0 Å². The SMILES string of the molecule is CCC(Nc1cc(F)c(F)cc1F)c1ccc(Cl)c(Cl)c1. The highest BCUT2D eigenvalue weighted by Gasteiger charge is 2.15. The van der Waals surface area contributed by atoms with Crippen LogP contribution in [0.5, 0.6) is 0 Å². The van der Waals surface area contributed by atoms with Gasteiger partial charge < -0.3 is 5.32 Å². The van der Waals surface area contributed by atoms with Gasteiger partial charge in [-0.25, -0.2) is 13.2 Å². The maximum atomic E-state index is 13.7. The highest BCUT2D eigenvalue weighted by Crippen LogP contribution is 2.30. The molecule has 1 atom stereocenters. The van der Waals surface area contributed by atoms with Crippen molar-refractivity contribution in [3.05, 3.63) is 63.4 Å². The maximum absolute atomic E-state index is 13.7. The number of nitrogens with one attached hydrogen (secondary N) is 1. The number of hydrogen-bond acceptors (Lipinski definition) is 1. The monoisotopic (exact) mass is 333 g/mol. The molecule has 0 aliphatic heterocycles. The van der Waals surface area contributed by atoms with Gasteiger partial charge in [0, 0.05) is 12.1 Å². The van der Waals surface area contributed by atoms with Crippen LogP contribution in [0.15, 0.2) is 30.3 Å². The first-order valence-corrected chi connectivity index (χ1v) is 7.04. The molecule has 1 unspecified atom stereocenters. The van der Waals surface area contributed by atoms with Crippen LogP contribution in [0, 0.1) is 17.5 Å². The van der Waals surface area contributed by atoms with Crippen molar-refractivity contribution in [2.45, 2.75) is 19.4 Å². The van der Waals surface area contributed by atoms with Crippen LogP contribution in [0.2, 0.25) is 10.0 Å². The van der Waals surface area contributed by atoms with Crippen molar-refractivity contribution < 1.29 is 13.2 Å². The molecule has 0 saturated heterocycles. The average molecular weight is 334 g/mol. The Hall–Kier alpha value is -1.39. The second-order valence-corrected chi connectivity index (χ2v) is 5.34. The van der Waals surface area contributed by atoms with Crippen LogP contribution in [0.25, 0.3) is 0 Å². The van der Waals surface area contributed by atoms with Crippen LogP contribution in [-0.4, -0.2) is 0 Å². The molecule has 2 rings (SSSR count). The molecule has 112 valence electrons. The van der Waals surface area contributed by atoms with Gasteiger partial charge in [0.05, 0.1) is 21.8 Å². The summed E-state index contributed by atoms with van der Waals surface area (Å²) < 4.78 is 39.8. The first kappa shape index (κ1) is 16.0. The van der Waals surface area contributed by atoms with Crippen molar-refractivity contribution >= 4 is 28.9 Å². The smallest absolute Gasteiger partial charge is 0.161 e. The molecule has 0 aromatic heterocycles. The van der Waals surface area contributed by atoms with E-state index in [0.717, 1.165) is 11.6 Å². The largest absolute Gasteiger partial charge is 0.376 e. The summed E-state index contributed by atoms with van der Waals surface area (Å²) in [6.07, 6.45) is 0.594. The van der Waals surface area contributed by atoms with E-state index in [-0.39, 0.29) is 11.7 Å². The minimum absolute atomic E-state index is 0.105. The highest BCUT2D eigenvalue weighted by atomic mass is 35.5. The van der Waals surface area contributed by atoms with E-state index in [1.165, 1.54) is 0 Å². The number of anilines is 1. The van der Waals surface area contributed by atoms with Crippen molar-refractivity contribution in [1.29, 1.82) is 0 Å². The lowest BCUT2D eigenvalue weighted by Crippen LogP contribution is -2.11. The van der Waals surface area contributed by atoms with Gasteiger partial charge in [0.15, 0.2) is 11.6 Å². The van der Waals surface area contributed by atoms with Crippen LogP contribution in [0.1, 0.15) is 24.9 Å². The molecule has 0 aliphatic rings. The molecular formula is C15H12Cl2F3N. The molecule has 0 amide bonds. The lowest BCUT2D eigenvalue weighted by Gasteiger charge is -2.20. The Morgan fingerprint density at radius 1 is 0.952 bits per heavy atom. The molecular weight excluding hydrogens is 322 g/mol. The minimum Gasteiger partial charge on any atom is -0.376 e. The fourth-order valence-corrected chi connectivity index (χ4v) is 2.28. The zero-order valence-corrected chi connectivity index (χ0v) is 12.6. The third-order valence-corrected chi connectivity index (χ3v) is 3.83. The van der Waals surface area contributed by atoms with E-state index in [0.29, 0.717) is 22.5 Å². The van der Waals surface area contributed by atoms with Crippen molar-refractivity contribution in [3.8, 4) is 0 Å². The first-order valence-electron chi connectivity index (χ1n) is 6.28. The number of halogens is 5. The topological polar surface area (TPSA) is 12.0 Å². The van der Waals surface area contributed by atoms with Crippen LogP contribution in [-0.2, 0) is 0 Å². The minimum atomic E-state index is -1.22. The second-order valence-electron chi connectivity index (χ2n) is 4.52. The Kier molecular flexibility index (Phi) is 5.01. The van der Waals surface area contributed by atoms with Gasteiger partial charge in [-0.15, -0.1) is 0 Å². The Labute approximate surface area is 130 Å². The third kappa shape index (κ3) is 3.63. The quantitative estimate of drug-likeness (QED) is 0.679. The standard InChI is InChI=1S/C15H12Cl2F3N/c1-2-14(8-3-4-9(16)10(17)5-8)21-15-7-12(19)11(18)6-13(15)20/h3-7,14,21H,2H2,1H3. The average Bonchev–Trinajstić information content (AvgIpc) is 2.44. The normalized spacial score (nSPS) is 12.3. The fraction of sp³-hybridized carbons (Fsp3) is 0.200. The zero-order valence-electron chi connectivity index (χ0n) is 11.1. The molecule has 0 spiro atoms. The molecule has 0 bridgehead atoms. The number of benzene rings is 2. The molecule has 1 N–H and O–H groups in total. The van der Waals surface area contributed by atoms with Gasteiger partial charge in [-0.1, -0.05) is 36.2 Å². The lowest BCUT2D eigenvalue weighted by atomic mass is 10.0. The van der Waals surface area contributed by atoms with Crippen LogP contribution < -0.4 is 5.32 Å². The van der Waals surface area contributed by atoms with Gasteiger partial charge in [0.1, 0.15) is 5.82 Å². The predicted molar refractivity (Wildman–Crippen MR) is 79.4 cm³/mol. The van der Waals surface area contributed by atoms with E-state index in [9.17, 15) is 13.2 Å². The summed E-state index contributed by atoms with van der Waals surface area (Å²) in [7, 11) is 0. The summed E-state index contributed by atoms with van der Waals surface area (Å²) in [5.41, 5.74) is 0.669. The van der Waals surface area contributed by atoms with Crippen LogP contribution in [0.4, 0.5) is 18.9 Å². The first-order chi connectivity index (χ1) is 9.92. The molecule has 21 heavy (non-hydrogen) atoms. The Morgan fingerprint density at radius 3 is 2.24 bits per heavy atom. The van der Waals surface area contributed by atoms with E-state index in [4.69, 9.17) is 23.2 Å². The molecule has 0 heterocycles. The Balaban J connectivity index is 2.31. The summed E-state index contributed by atoms with van der Waals surface area (Å²) in [5, 5.41) is 3.63. The van der Waals surface area contributed by atoms with Crippen molar-refractivity contribution in [1.82, 2.24) is 0 Å². The van der Waals surface area contributed by atoms with Gasteiger partial charge in [-0.05, 0) is 24.1 Å². The Morgan fingerprint density at radius 2 is 1.62 bits per heavy atom. The Bertz CT molecular complexity index is 662.